The van der Waals surface area contributed by atoms with Crippen LogP contribution in [0, 0.1) is 5.82 Å². The van der Waals surface area contributed by atoms with Crippen LogP contribution in [-0.4, -0.2) is 24.8 Å². The molecule has 0 bridgehead atoms. The van der Waals surface area contributed by atoms with E-state index in [1.807, 2.05) is 18.2 Å². The van der Waals surface area contributed by atoms with Crippen molar-refractivity contribution in [1.29, 1.82) is 0 Å². The molecular weight excluding hydrogens is 329 g/mol. The van der Waals surface area contributed by atoms with E-state index in [4.69, 9.17) is 0 Å². The van der Waals surface area contributed by atoms with Crippen molar-refractivity contribution in [3.05, 3.63) is 71.7 Å². The number of nitrogens with zero attached hydrogens (tertiary/aromatic N) is 2. The fraction of sp³-hybridized carbons (Fsp3) is 0.118. The highest BCUT2D eigenvalue weighted by Crippen LogP contribution is 2.41. The summed E-state index contributed by atoms with van der Waals surface area (Å²) in [6.07, 6.45) is 1.62. The highest BCUT2D eigenvalue weighted by Gasteiger charge is 2.37. The van der Waals surface area contributed by atoms with Gasteiger partial charge >= 0.3 is 10.2 Å². The molecule has 0 aliphatic carbocycles. The Balaban J connectivity index is 2.03. The average Bonchev–Trinajstić information content (AvgIpc) is 2.56. The number of nitrogens with one attached hydrogen (secondary N) is 1. The first-order valence-corrected chi connectivity index (χ1v) is 8.80. The lowest BCUT2D eigenvalue weighted by atomic mass is 9.95. The topological polar surface area (TPSA) is 62.3 Å². The third-order valence-corrected chi connectivity index (χ3v) is 5.67. The van der Waals surface area contributed by atoms with Gasteiger partial charge in [-0.25, -0.2) is 4.39 Å². The Labute approximate surface area is 138 Å². The van der Waals surface area contributed by atoms with Crippen molar-refractivity contribution < 1.29 is 12.8 Å². The molecule has 1 aliphatic rings. The lowest BCUT2D eigenvalue weighted by Gasteiger charge is -2.35. The van der Waals surface area contributed by atoms with Crippen molar-refractivity contribution in [2.75, 3.05) is 11.8 Å². The summed E-state index contributed by atoms with van der Waals surface area (Å²) in [4.78, 5) is 4.31. The van der Waals surface area contributed by atoms with Gasteiger partial charge in [-0.1, -0.05) is 30.3 Å². The Morgan fingerprint density at radius 3 is 2.79 bits per heavy atom. The van der Waals surface area contributed by atoms with Gasteiger partial charge in [-0.2, -0.15) is 12.7 Å². The van der Waals surface area contributed by atoms with Crippen molar-refractivity contribution in [2.45, 2.75) is 6.04 Å². The van der Waals surface area contributed by atoms with Crippen molar-refractivity contribution in [2.24, 2.45) is 0 Å². The van der Waals surface area contributed by atoms with E-state index in [0.717, 1.165) is 10.9 Å². The van der Waals surface area contributed by atoms with Crippen LogP contribution in [0.15, 0.2) is 54.7 Å². The molecule has 7 heteroatoms. The number of hydrogen-bond donors (Lipinski definition) is 1. The Morgan fingerprint density at radius 2 is 2.00 bits per heavy atom. The minimum absolute atomic E-state index is 0.405. The molecule has 5 nitrogen and oxygen atoms in total. The highest BCUT2D eigenvalue weighted by atomic mass is 32.2. The first kappa shape index (κ1) is 15.0. The molecule has 2 heterocycles. The zero-order chi connectivity index (χ0) is 16.9. The molecule has 0 spiro atoms. The molecule has 24 heavy (non-hydrogen) atoms. The molecule has 0 fully saturated rings. The minimum atomic E-state index is -3.76. The second-order valence-corrected chi connectivity index (χ2v) is 7.42. The molecule has 2 aromatic carbocycles. The lowest BCUT2D eigenvalue weighted by molar-refractivity contribution is 0.415. The molecule has 0 saturated carbocycles. The van der Waals surface area contributed by atoms with Crippen molar-refractivity contribution in [3.63, 3.8) is 0 Å². The van der Waals surface area contributed by atoms with Crippen LogP contribution in [0.3, 0.4) is 0 Å². The first-order chi connectivity index (χ1) is 11.5. The van der Waals surface area contributed by atoms with E-state index in [1.165, 1.54) is 23.5 Å². The lowest BCUT2D eigenvalue weighted by Crippen LogP contribution is -2.40. The summed E-state index contributed by atoms with van der Waals surface area (Å²) in [5, 5.41) is 0.835. The Kier molecular flexibility index (Phi) is 3.29. The van der Waals surface area contributed by atoms with Crippen LogP contribution in [0.2, 0.25) is 0 Å². The molecule has 3 aromatic rings. The summed E-state index contributed by atoms with van der Waals surface area (Å²) in [6.45, 7) is 0. The molecule has 1 unspecified atom stereocenters. The quantitative estimate of drug-likeness (QED) is 0.739. The summed E-state index contributed by atoms with van der Waals surface area (Å²) in [5.41, 5.74) is 2.33. The van der Waals surface area contributed by atoms with Gasteiger partial charge in [-0.3, -0.25) is 9.71 Å². The monoisotopic (exact) mass is 343 g/mol. The third-order valence-electron chi connectivity index (χ3n) is 4.24. The number of pyridine rings is 1. The Bertz CT molecular complexity index is 1050. The summed E-state index contributed by atoms with van der Waals surface area (Å²) >= 11 is 0. The molecule has 1 aliphatic heterocycles. The SMILES string of the molecule is CN1C(c2cccc(F)c2)c2ccc3cccnc3c2NS1(=O)=O. The summed E-state index contributed by atoms with van der Waals surface area (Å²) in [6, 6.07) is 12.8. The van der Waals surface area contributed by atoms with E-state index < -0.39 is 22.1 Å². The zero-order valence-corrected chi connectivity index (χ0v) is 13.6. The maximum Gasteiger partial charge on any atom is 0.302 e. The van der Waals surface area contributed by atoms with Gasteiger partial charge in [0, 0.05) is 24.2 Å². The van der Waals surface area contributed by atoms with E-state index in [1.54, 1.807) is 24.4 Å². The first-order valence-electron chi connectivity index (χ1n) is 7.36. The van der Waals surface area contributed by atoms with Gasteiger partial charge in [-0.15, -0.1) is 0 Å². The zero-order valence-electron chi connectivity index (χ0n) is 12.8. The molecule has 0 amide bonds. The van der Waals surface area contributed by atoms with Gasteiger partial charge in [0.05, 0.1) is 17.2 Å². The highest BCUT2D eigenvalue weighted by molar-refractivity contribution is 7.90. The van der Waals surface area contributed by atoms with Gasteiger partial charge in [0.1, 0.15) is 5.82 Å². The van der Waals surface area contributed by atoms with Crippen LogP contribution in [0.5, 0.6) is 0 Å². The van der Waals surface area contributed by atoms with E-state index >= 15 is 0 Å². The van der Waals surface area contributed by atoms with E-state index in [-0.39, 0.29) is 0 Å². The second-order valence-electron chi connectivity index (χ2n) is 5.69. The van der Waals surface area contributed by atoms with Crippen LogP contribution in [0.25, 0.3) is 10.9 Å². The molecule has 1 atom stereocenters. The smallest absolute Gasteiger partial charge is 0.268 e. The largest absolute Gasteiger partial charge is 0.302 e. The second kappa shape index (κ2) is 5.25. The number of rotatable bonds is 1. The summed E-state index contributed by atoms with van der Waals surface area (Å²) < 4.78 is 42.6. The molecule has 0 saturated heterocycles. The van der Waals surface area contributed by atoms with E-state index in [2.05, 4.69) is 9.71 Å². The van der Waals surface area contributed by atoms with Crippen LogP contribution in [0.1, 0.15) is 17.2 Å². The normalized spacial score (nSPS) is 19.7. The van der Waals surface area contributed by atoms with Crippen LogP contribution in [-0.2, 0) is 10.2 Å². The maximum atomic E-state index is 13.7. The van der Waals surface area contributed by atoms with Gasteiger partial charge in [0.15, 0.2) is 0 Å². The van der Waals surface area contributed by atoms with Crippen molar-refractivity contribution >= 4 is 26.8 Å². The number of benzene rings is 2. The predicted octanol–water partition coefficient (Wildman–Crippen LogP) is 3.07. The molecule has 4 rings (SSSR count). The van der Waals surface area contributed by atoms with E-state index in [0.29, 0.717) is 16.8 Å². The van der Waals surface area contributed by atoms with Gasteiger partial charge in [0.2, 0.25) is 0 Å². The fourth-order valence-electron chi connectivity index (χ4n) is 3.10. The standard InChI is InChI=1S/C17H14FN3O2S/c1-21-17(12-4-2-6-13(18)10-12)14-8-7-11-5-3-9-19-15(11)16(14)20-24(21,22)23/h2-10,17,20H,1H3. The van der Waals surface area contributed by atoms with Gasteiger partial charge < -0.3 is 0 Å². The number of aromatic nitrogens is 1. The van der Waals surface area contributed by atoms with Crippen LogP contribution < -0.4 is 4.72 Å². The van der Waals surface area contributed by atoms with Crippen molar-refractivity contribution in [3.8, 4) is 0 Å². The number of hydrogen-bond acceptors (Lipinski definition) is 3. The molecule has 122 valence electrons. The summed E-state index contributed by atoms with van der Waals surface area (Å²) in [7, 11) is -2.28. The number of anilines is 1. The van der Waals surface area contributed by atoms with Crippen LogP contribution in [0.4, 0.5) is 10.1 Å². The average molecular weight is 343 g/mol. The minimum Gasteiger partial charge on any atom is -0.268 e. The third kappa shape index (κ3) is 2.24. The fourth-order valence-corrected chi connectivity index (χ4v) is 4.23. The van der Waals surface area contributed by atoms with E-state index in [9.17, 15) is 12.8 Å². The molecule has 1 aromatic heterocycles. The maximum absolute atomic E-state index is 13.7. The number of fused-ring (bicyclic) bond motifs is 3. The molecular formula is C17H14FN3O2S. The molecule has 0 radical (unpaired) electrons. The Morgan fingerprint density at radius 1 is 1.17 bits per heavy atom. The Hall–Kier alpha value is -2.51. The van der Waals surface area contributed by atoms with Crippen molar-refractivity contribution in [1.82, 2.24) is 9.29 Å². The number of halogens is 1. The predicted molar refractivity (Wildman–Crippen MR) is 90.3 cm³/mol. The van der Waals surface area contributed by atoms with Gasteiger partial charge in [-0.05, 0) is 23.8 Å². The molecule has 1 N–H and O–H groups in total. The summed E-state index contributed by atoms with van der Waals surface area (Å²) in [5.74, 6) is -0.405. The van der Waals surface area contributed by atoms with Crippen LogP contribution >= 0.6 is 0 Å². The van der Waals surface area contributed by atoms with Gasteiger partial charge in [0.25, 0.3) is 0 Å².